The van der Waals surface area contributed by atoms with E-state index in [1.54, 1.807) is 6.92 Å². The van der Waals surface area contributed by atoms with Gasteiger partial charge in [0.2, 0.25) is 11.7 Å². The number of benzene rings is 2. The molecule has 9 nitrogen and oxygen atoms in total. The predicted molar refractivity (Wildman–Crippen MR) is 131 cm³/mol. The first-order valence-corrected chi connectivity index (χ1v) is 12.0. The van der Waals surface area contributed by atoms with Gasteiger partial charge in [-0.15, -0.1) is 0 Å². The number of hydrogen-bond donors (Lipinski definition) is 1. The molecule has 1 N–H and O–H groups in total. The van der Waals surface area contributed by atoms with Gasteiger partial charge in [0.15, 0.2) is 6.61 Å². The highest BCUT2D eigenvalue weighted by atomic mass is 16.6. The lowest BCUT2D eigenvalue weighted by molar-refractivity contribution is -0.385. The highest BCUT2D eigenvalue weighted by molar-refractivity contribution is 5.88. The Kier molecular flexibility index (Phi) is 9.46. The second-order valence-electron chi connectivity index (χ2n) is 8.72. The molecule has 3 rings (SSSR count). The number of carbonyl (C=O) groups excluding carboxylic acids is 2. The first-order chi connectivity index (χ1) is 16.9. The summed E-state index contributed by atoms with van der Waals surface area (Å²) in [6.45, 7) is 1.78. The summed E-state index contributed by atoms with van der Waals surface area (Å²) in [7, 11) is 1.33. The third-order valence-corrected chi connectivity index (χ3v) is 6.31. The van der Waals surface area contributed by atoms with Crippen molar-refractivity contribution >= 4 is 17.5 Å². The SMILES string of the molecule is COc1cc(OCC(=O)N(CCc2ccccc2)[C@H](C)C(=O)NC2CCCCC2)ccc1[N+](=O)[O-]. The Morgan fingerprint density at radius 1 is 1.14 bits per heavy atom. The minimum absolute atomic E-state index is 0.0427. The molecule has 2 aromatic carbocycles. The Morgan fingerprint density at radius 3 is 2.51 bits per heavy atom. The molecular weight excluding hydrogens is 450 g/mol. The van der Waals surface area contributed by atoms with Crippen molar-refractivity contribution in [3.63, 3.8) is 0 Å². The summed E-state index contributed by atoms with van der Waals surface area (Å²) in [5.41, 5.74) is 0.870. The molecule has 2 aromatic rings. The van der Waals surface area contributed by atoms with Crippen LogP contribution in [0.3, 0.4) is 0 Å². The zero-order valence-corrected chi connectivity index (χ0v) is 20.3. The molecular formula is C26H33N3O6. The van der Waals surface area contributed by atoms with E-state index in [0.29, 0.717) is 13.0 Å². The average molecular weight is 484 g/mol. The number of amides is 2. The molecule has 1 aliphatic carbocycles. The van der Waals surface area contributed by atoms with Gasteiger partial charge in [-0.25, -0.2) is 0 Å². The number of carbonyl (C=O) groups is 2. The van der Waals surface area contributed by atoms with E-state index in [4.69, 9.17) is 9.47 Å². The first-order valence-electron chi connectivity index (χ1n) is 12.0. The zero-order valence-electron chi connectivity index (χ0n) is 20.3. The lowest BCUT2D eigenvalue weighted by Gasteiger charge is -2.31. The molecule has 0 radical (unpaired) electrons. The van der Waals surface area contributed by atoms with E-state index in [9.17, 15) is 19.7 Å². The van der Waals surface area contributed by atoms with Gasteiger partial charge in [-0.2, -0.15) is 0 Å². The summed E-state index contributed by atoms with van der Waals surface area (Å²) >= 11 is 0. The summed E-state index contributed by atoms with van der Waals surface area (Å²) in [4.78, 5) is 38.3. The van der Waals surface area contributed by atoms with Crippen molar-refractivity contribution in [3.05, 3.63) is 64.2 Å². The maximum atomic E-state index is 13.2. The van der Waals surface area contributed by atoms with Crippen molar-refractivity contribution in [1.82, 2.24) is 10.2 Å². The Morgan fingerprint density at radius 2 is 1.86 bits per heavy atom. The number of nitrogens with one attached hydrogen (secondary N) is 1. The van der Waals surface area contributed by atoms with Gasteiger partial charge in [0.25, 0.3) is 5.91 Å². The molecule has 0 saturated heterocycles. The quantitative estimate of drug-likeness (QED) is 0.383. The van der Waals surface area contributed by atoms with Crippen LogP contribution in [0.25, 0.3) is 0 Å². The van der Waals surface area contributed by atoms with Crippen LogP contribution in [-0.4, -0.2) is 54.0 Å². The fraction of sp³-hybridized carbons (Fsp3) is 0.462. The maximum absolute atomic E-state index is 13.2. The normalized spacial score (nSPS) is 14.6. The van der Waals surface area contributed by atoms with E-state index in [-0.39, 0.29) is 41.6 Å². The van der Waals surface area contributed by atoms with E-state index in [0.717, 1.165) is 31.2 Å². The molecule has 2 amide bonds. The summed E-state index contributed by atoms with van der Waals surface area (Å²) in [6.07, 6.45) is 5.90. The second-order valence-corrected chi connectivity index (χ2v) is 8.72. The van der Waals surface area contributed by atoms with Crippen molar-refractivity contribution in [2.75, 3.05) is 20.3 Å². The summed E-state index contributed by atoms with van der Waals surface area (Å²) in [5.74, 6) is -0.205. The van der Waals surface area contributed by atoms with E-state index in [1.165, 1.54) is 36.6 Å². The Labute approximate surface area is 205 Å². The summed E-state index contributed by atoms with van der Waals surface area (Å²) < 4.78 is 10.7. The minimum atomic E-state index is -0.664. The van der Waals surface area contributed by atoms with E-state index in [1.807, 2.05) is 30.3 Å². The molecule has 1 aliphatic rings. The average Bonchev–Trinajstić information content (AvgIpc) is 2.88. The molecule has 188 valence electrons. The van der Waals surface area contributed by atoms with E-state index < -0.39 is 11.0 Å². The van der Waals surface area contributed by atoms with Crippen LogP contribution in [0.1, 0.15) is 44.6 Å². The smallest absolute Gasteiger partial charge is 0.311 e. The fourth-order valence-electron chi connectivity index (χ4n) is 4.27. The number of nitro groups is 1. The molecule has 1 saturated carbocycles. The van der Waals surface area contributed by atoms with Crippen molar-refractivity contribution in [2.24, 2.45) is 0 Å². The van der Waals surface area contributed by atoms with Gasteiger partial charge in [0, 0.05) is 24.7 Å². The van der Waals surface area contributed by atoms with Crippen molar-refractivity contribution in [2.45, 2.75) is 57.5 Å². The third-order valence-electron chi connectivity index (χ3n) is 6.31. The molecule has 1 fully saturated rings. The number of nitro benzene ring substituents is 1. The maximum Gasteiger partial charge on any atom is 0.311 e. The molecule has 0 spiro atoms. The molecule has 0 aliphatic heterocycles. The molecule has 9 heteroatoms. The predicted octanol–water partition coefficient (Wildman–Crippen LogP) is 3.89. The van der Waals surface area contributed by atoms with Crippen LogP contribution < -0.4 is 14.8 Å². The second kappa shape index (κ2) is 12.7. The van der Waals surface area contributed by atoms with Gasteiger partial charge in [0.05, 0.1) is 12.0 Å². The number of nitrogens with zero attached hydrogens (tertiary/aromatic N) is 2. The number of methoxy groups -OCH3 is 1. The van der Waals surface area contributed by atoms with E-state index in [2.05, 4.69) is 5.32 Å². The number of hydrogen-bond acceptors (Lipinski definition) is 6. The largest absolute Gasteiger partial charge is 0.490 e. The van der Waals surface area contributed by atoms with Gasteiger partial charge in [-0.05, 0) is 37.8 Å². The molecule has 35 heavy (non-hydrogen) atoms. The zero-order chi connectivity index (χ0) is 25.2. The van der Waals surface area contributed by atoms with Crippen LogP contribution in [0.4, 0.5) is 5.69 Å². The monoisotopic (exact) mass is 483 g/mol. The third kappa shape index (κ3) is 7.43. The Bertz CT molecular complexity index is 1010. The summed E-state index contributed by atoms with van der Waals surface area (Å²) in [5, 5.41) is 14.2. The van der Waals surface area contributed by atoms with Crippen LogP contribution in [0.15, 0.2) is 48.5 Å². The van der Waals surface area contributed by atoms with Gasteiger partial charge in [0.1, 0.15) is 11.8 Å². The van der Waals surface area contributed by atoms with Crippen LogP contribution in [0.2, 0.25) is 0 Å². The van der Waals surface area contributed by atoms with Gasteiger partial charge >= 0.3 is 5.69 Å². The Hall–Kier alpha value is -3.62. The van der Waals surface area contributed by atoms with E-state index >= 15 is 0 Å². The molecule has 0 aromatic heterocycles. The first kappa shape index (κ1) is 26.0. The van der Waals surface area contributed by atoms with Gasteiger partial charge in [-0.3, -0.25) is 19.7 Å². The van der Waals surface area contributed by atoms with Crippen molar-refractivity contribution in [1.29, 1.82) is 0 Å². The van der Waals surface area contributed by atoms with Crippen LogP contribution in [0, 0.1) is 10.1 Å². The lowest BCUT2D eigenvalue weighted by Crippen LogP contribution is -2.52. The minimum Gasteiger partial charge on any atom is -0.490 e. The molecule has 0 unspecified atom stereocenters. The fourth-order valence-corrected chi connectivity index (χ4v) is 4.27. The van der Waals surface area contributed by atoms with Crippen LogP contribution in [0.5, 0.6) is 11.5 Å². The molecule has 0 heterocycles. The summed E-state index contributed by atoms with van der Waals surface area (Å²) in [6, 6.07) is 13.3. The van der Waals surface area contributed by atoms with Gasteiger partial charge < -0.3 is 19.7 Å². The highest BCUT2D eigenvalue weighted by Gasteiger charge is 2.28. The number of rotatable bonds is 11. The van der Waals surface area contributed by atoms with Crippen LogP contribution in [-0.2, 0) is 16.0 Å². The molecule has 1 atom stereocenters. The van der Waals surface area contributed by atoms with Crippen LogP contribution >= 0.6 is 0 Å². The van der Waals surface area contributed by atoms with Crippen molar-refractivity contribution < 1.29 is 24.0 Å². The Balaban J connectivity index is 1.68. The van der Waals surface area contributed by atoms with Crippen molar-refractivity contribution in [3.8, 4) is 11.5 Å². The molecule has 0 bridgehead atoms. The highest BCUT2D eigenvalue weighted by Crippen LogP contribution is 2.30. The number of ether oxygens (including phenoxy) is 2. The lowest BCUT2D eigenvalue weighted by atomic mass is 9.95. The standard InChI is InChI=1S/C26H33N3O6/c1-19(26(31)27-21-11-7-4-8-12-21)28(16-15-20-9-5-3-6-10-20)25(30)18-35-22-13-14-23(29(32)33)24(17-22)34-2/h3,5-6,9-10,13-14,17,19,21H,4,7-8,11-12,15-16,18H2,1-2H3,(H,27,31)/t19-/m1/s1. The topological polar surface area (TPSA) is 111 Å². The van der Waals surface area contributed by atoms with Gasteiger partial charge in [-0.1, -0.05) is 49.6 Å².